The van der Waals surface area contributed by atoms with Crippen LogP contribution in [0, 0.1) is 5.41 Å². The number of piperidine rings is 1. The van der Waals surface area contributed by atoms with Gasteiger partial charge < -0.3 is 9.80 Å². The second kappa shape index (κ2) is 5.34. The second-order valence-electron chi connectivity index (χ2n) is 7.25. The molecule has 3 saturated heterocycles. The molecule has 1 atom stereocenters. The Morgan fingerprint density at radius 3 is 2.43 bits per heavy atom. The molecular weight excluding hydrogens is 290 g/mol. The average molecular weight is 313 g/mol. The fourth-order valence-corrected chi connectivity index (χ4v) is 4.20. The minimum atomic E-state index is -0.186. The lowest BCUT2D eigenvalue weighted by Crippen LogP contribution is -2.72. The molecule has 3 fully saturated rings. The number of benzene rings is 1. The number of nitrogens with one attached hydrogen (secondary N) is 1. The smallest absolute Gasteiger partial charge is 0.234 e. The maximum Gasteiger partial charge on any atom is 0.234 e. The predicted molar refractivity (Wildman–Crippen MR) is 88.3 cm³/mol. The summed E-state index contributed by atoms with van der Waals surface area (Å²) in [5, 5.41) is 2.43. The molecule has 5 heteroatoms. The Bertz CT molecular complexity index is 626. The van der Waals surface area contributed by atoms with Gasteiger partial charge in [-0.3, -0.25) is 14.9 Å². The number of carbonyl (C=O) groups excluding carboxylic acids is 2. The molecule has 0 bridgehead atoms. The van der Waals surface area contributed by atoms with Gasteiger partial charge in [-0.25, -0.2) is 0 Å². The van der Waals surface area contributed by atoms with Gasteiger partial charge in [0.2, 0.25) is 11.8 Å². The predicted octanol–water partition coefficient (Wildman–Crippen LogP) is 1.35. The summed E-state index contributed by atoms with van der Waals surface area (Å²) in [6.45, 7) is 8.12. The molecule has 122 valence electrons. The highest BCUT2D eigenvalue weighted by Gasteiger charge is 2.51. The zero-order valence-corrected chi connectivity index (χ0v) is 13.5. The topological polar surface area (TPSA) is 52.6 Å². The first-order valence-corrected chi connectivity index (χ1v) is 8.49. The quantitative estimate of drug-likeness (QED) is 0.856. The molecule has 3 aliphatic heterocycles. The molecule has 1 aromatic rings. The van der Waals surface area contributed by atoms with E-state index in [4.69, 9.17) is 0 Å². The van der Waals surface area contributed by atoms with Crippen LogP contribution in [0.15, 0.2) is 24.3 Å². The van der Waals surface area contributed by atoms with E-state index in [0.29, 0.717) is 18.3 Å². The van der Waals surface area contributed by atoms with Crippen molar-refractivity contribution in [1.82, 2.24) is 10.2 Å². The lowest BCUT2D eigenvalue weighted by Gasteiger charge is -2.61. The minimum Gasteiger partial charge on any atom is -0.370 e. The van der Waals surface area contributed by atoms with Gasteiger partial charge in [0.1, 0.15) is 0 Å². The number of imide groups is 1. The van der Waals surface area contributed by atoms with Crippen LogP contribution in [0.5, 0.6) is 0 Å². The summed E-state index contributed by atoms with van der Waals surface area (Å²) >= 11 is 0. The Labute approximate surface area is 136 Å². The molecular formula is C18H23N3O2. The van der Waals surface area contributed by atoms with Crippen LogP contribution < -0.4 is 10.2 Å². The van der Waals surface area contributed by atoms with Gasteiger partial charge in [0.25, 0.3) is 0 Å². The monoisotopic (exact) mass is 313 g/mol. The summed E-state index contributed by atoms with van der Waals surface area (Å²) < 4.78 is 0. The van der Waals surface area contributed by atoms with Crippen LogP contribution in [0.1, 0.15) is 31.2 Å². The van der Waals surface area contributed by atoms with Gasteiger partial charge in [0, 0.05) is 43.7 Å². The number of hydrogen-bond acceptors (Lipinski definition) is 4. The molecule has 3 heterocycles. The fourth-order valence-electron chi connectivity index (χ4n) is 4.20. The summed E-state index contributed by atoms with van der Waals surface area (Å²) in [6.07, 6.45) is 1.05. The summed E-state index contributed by atoms with van der Waals surface area (Å²) in [7, 11) is 0. The van der Waals surface area contributed by atoms with E-state index < -0.39 is 0 Å². The molecule has 0 radical (unpaired) electrons. The Morgan fingerprint density at radius 2 is 1.83 bits per heavy atom. The summed E-state index contributed by atoms with van der Waals surface area (Å²) in [5.41, 5.74) is 2.77. The van der Waals surface area contributed by atoms with Gasteiger partial charge >= 0.3 is 0 Å². The van der Waals surface area contributed by atoms with Crippen LogP contribution in [0.25, 0.3) is 0 Å². The third kappa shape index (κ3) is 2.53. The molecule has 3 aliphatic rings. The van der Waals surface area contributed by atoms with Crippen LogP contribution in [0.4, 0.5) is 5.69 Å². The molecule has 0 saturated carbocycles. The number of rotatable bonds is 3. The van der Waals surface area contributed by atoms with Crippen LogP contribution >= 0.6 is 0 Å². The third-order valence-corrected chi connectivity index (χ3v) is 5.52. The minimum absolute atomic E-state index is 0.157. The number of carbonyl (C=O) groups is 2. The Morgan fingerprint density at radius 1 is 1.13 bits per heavy atom. The Balaban J connectivity index is 1.38. The first-order chi connectivity index (χ1) is 11.1. The van der Waals surface area contributed by atoms with E-state index in [-0.39, 0.29) is 17.7 Å². The molecule has 0 aliphatic carbocycles. The standard InChI is InChI=1S/C18H23N3O2/c1-2-20-9-18(10-20)11-21(12-18)14-5-3-13(4-6-14)15-7-8-16(22)19-17(15)23/h3-6,15H,2,7-12H2,1H3,(H,19,22,23). The Hall–Kier alpha value is -1.88. The van der Waals surface area contributed by atoms with Gasteiger partial charge in [0.15, 0.2) is 0 Å². The maximum atomic E-state index is 11.9. The molecule has 23 heavy (non-hydrogen) atoms. The SMILES string of the molecule is CCN1CC2(C1)CN(c1ccc(C3CCC(=O)NC3=O)cc1)C2. The van der Waals surface area contributed by atoms with E-state index in [9.17, 15) is 9.59 Å². The molecule has 1 N–H and O–H groups in total. The molecule has 5 nitrogen and oxygen atoms in total. The number of amides is 2. The molecule has 1 unspecified atom stereocenters. The van der Waals surface area contributed by atoms with Gasteiger partial charge in [-0.15, -0.1) is 0 Å². The lowest BCUT2D eigenvalue weighted by molar-refractivity contribution is -0.134. The van der Waals surface area contributed by atoms with Gasteiger partial charge in [-0.05, 0) is 30.7 Å². The molecule has 4 rings (SSSR count). The number of nitrogens with zero attached hydrogens (tertiary/aromatic N) is 2. The highest BCUT2D eigenvalue weighted by molar-refractivity contribution is 6.00. The second-order valence-corrected chi connectivity index (χ2v) is 7.25. The zero-order valence-electron chi connectivity index (χ0n) is 13.5. The number of anilines is 1. The van der Waals surface area contributed by atoms with Crippen molar-refractivity contribution in [3.8, 4) is 0 Å². The molecule has 0 aromatic heterocycles. The van der Waals surface area contributed by atoms with Gasteiger partial charge in [0.05, 0.1) is 5.92 Å². The van der Waals surface area contributed by atoms with Crippen LogP contribution in [0.3, 0.4) is 0 Å². The van der Waals surface area contributed by atoms with Crippen molar-refractivity contribution in [1.29, 1.82) is 0 Å². The van der Waals surface area contributed by atoms with E-state index >= 15 is 0 Å². The van der Waals surface area contributed by atoms with Crippen LogP contribution in [0.2, 0.25) is 0 Å². The lowest BCUT2D eigenvalue weighted by atomic mass is 9.72. The average Bonchev–Trinajstić information content (AvgIpc) is 2.46. The first-order valence-electron chi connectivity index (χ1n) is 8.49. The van der Waals surface area contributed by atoms with E-state index in [1.807, 2.05) is 12.1 Å². The fraction of sp³-hybridized carbons (Fsp3) is 0.556. The van der Waals surface area contributed by atoms with E-state index in [1.165, 1.54) is 18.8 Å². The van der Waals surface area contributed by atoms with Gasteiger partial charge in [-0.2, -0.15) is 0 Å². The van der Waals surface area contributed by atoms with Crippen molar-refractivity contribution in [2.45, 2.75) is 25.7 Å². The van der Waals surface area contributed by atoms with Crippen molar-refractivity contribution in [2.24, 2.45) is 5.41 Å². The van der Waals surface area contributed by atoms with Crippen molar-refractivity contribution in [2.75, 3.05) is 37.6 Å². The Kier molecular flexibility index (Phi) is 3.41. The summed E-state index contributed by atoms with van der Waals surface area (Å²) in [4.78, 5) is 28.1. The summed E-state index contributed by atoms with van der Waals surface area (Å²) in [6, 6.07) is 8.31. The van der Waals surface area contributed by atoms with E-state index in [0.717, 1.165) is 25.2 Å². The molecule has 1 aromatic carbocycles. The number of likely N-dealkylation sites (tertiary alicyclic amines) is 1. The van der Waals surface area contributed by atoms with Gasteiger partial charge in [-0.1, -0.05) is 19.1 Å². The first kappa shape index (κ1) is 14.7. The van der Waals surface area contributed by atoms with Crippen molar-refractivity contribution >= 4 is 17.5 Å². The molecule has 1 spiro atoms. The highest BCUT2D eigenvalue weighted by Crippen LogP contribution is 2.41. The highest BCUT2D eigenvalue weighted by atomic mass is 16.2. The third-order valence-electron chi connectivity index (χ3n) is 5.52. The van der Waals surface area contributed by atoms with Crippen LogP contribution in [-0.4, -0.2) is 49.4 Å². The van der Waals surface area contributed by atoms with Crippen LogP contribution in [-0.2, 0) is 9.59 Å². The maximum absolute atomic E-state index is 11.9. The van der Waals surface area contributed by atoms with E-state index in [1.54, 1.807) is 0 Å². The number of hydrogen-bond donors (Lipinski definition) is 1. The van der Waals surface area contributed by atoms with Crippen molar-refractivity contribution in [3.05, 3.63) is 29.8 Å². The van der Waals surface area contributed by atoms with E-state index in [2.05, 4.69) is 34.2 Å². The normalized spacial score (nSPS) is 26.7. The summed E-state index contributed by atoms with van der Waals surface area (Å²) in [5.74, 6) is -0.504. The van der Waals surface area contributed by atoms with Crippen molar-refractivity contribution in [3.63, 3.8) is 0 Å². The molecule has 2 amide bonds. The zero-order chi connectivity index (χ0) is 16.0. The largest absolute Gasteiger partial charge is 0.370 e. The van der Waals surface area contributed by atoms with Crippen molar-refractivity contribution < 1.29 is 9.59 Å².